The molecule has 2 aromatic carbocycles. The molecule has 1 aliphatic rings. The van der Waals surface area contributed by atoms with Crippen LogP contribution in [-0.2, 0) is 11.3 Å². The quantitative estimate of drug-likeness (QED) is 0.583. The molecule has 0 unspecified atom stereocenters. The lowest BCUT2D eigenvalue weighted by Crippen LogP contribution is -2.50. The number of methoxy groups -OCH3 is 2. The Kier molecular flexibility index (Phi) is 8.70. The van der Waals surface area contributed by atoms with Crippen molar-refractivity contribution in [1.29, 1.82) is 5.26 Å². The normalized spacial score (nSPS) is 14.5. The molecule has 0 spiro atoms. The molecule has 0 bridgehead atoms. The number of nitriles is 1. The van der Waals surface area contributed by atoms with Crippen molar-refractivity contribution in [3.8, 4) is 17.6 Å². The molecule has 176 valence electrons. The molecule has 7 nitrogen and oxygen atoms in total. The first-order valence-corrected chi connectivity index (χ1v) is 11.3. The van der Waals surface area contributed by atoms with E-state index in [-0.39, 0.29) is 5.91 Å². The van der Waals surface area contributed by atoms with E-state index in [2.05, 4.69) is 28.0 Å². The molecule has 1 heterocycles. The van der Waals surface area contributed by atoms with Crippen molar-refractivity contribution < 1.29 is 14.3 Å². The van der Waals surface area contributed by atoms with E-state index in [0.717, 1.165) is 61.0 Å². The molecule has 1 amide bonds. The number of ether oxygens (including phenoxy) is 2. The fourth-order valence-electron chi connectivity index (χ4n) is 4.29. The summed E-state index contributed by atoms with van der Waals surface area (Å²) in [5, 5.41) is 9.07. The van der Waals surface area contributed by atoms with Gasteiger partial charge in [0.05, 0.1) is 33.3 Å². The molecule has 2 aromatic rings. The highest BCUT2D eigenvalue weighted by molar-refractivity contribution is 5.95. The minimum Gasteiger partial charge on any atom is -0.493 e. The van der Waals surface area contributed by atoms with Crippen LogP contribution in [0.25, 0.3) is 0 Å². The third-order valence-electron chi connectivity index (χ3n) is 5.94. The summed E-state index contributed by atoms with van der Waals surface area (Å²) in [4.78, 5) is 19.5. The second-order valence-corrected chi connectivity index (χ2v) is 8.54. The van der Waals surface area contributed by atoms with Crippen LogP contribution in [0.5, 0.6) is 11.5 Å². The Labute approximate surface area is 197 Å². The summed E-state index contributed by atoms with van der Waals surface area (Å²) in [7, 11) is 3.29. The van der Waals surface area contributed by atoms with E-state index in [4.69, 9.17) is 14.7 Å². The Morgan fingerprint density at radius 1 is 0.970 bits per heavy atom. The van der Waals surface area contributed by atoms with E-state index in [9.17, 15) is 4.79 Å². The van der Waals surface area contributed by atoms with Crippen molar-refractivity contribution >= 4 is 11.6 Å². The van der Waals surface area contributed by atoms with Gasteiger partial charge in [-0.2, -0.15) is 5.26 Å². The SMILES string of the molecule is COc1ccc(CN2CCN(CC(=O)N(CCC#N)c3cc(C)cc(C)c3)CC2)cc1OC. The molecule has 33 heavy (non-hydrogen) atoms. The van der Waals surface area contributed by atoms with Gasteiger partial charge in [-0.05, 0) is 54.8 Å². The van der Waals surface area contributed by atoms with Gasteiger partial charge in [-0.15, -0.1) is 0 Å². The highest BCUT2D eigenvalue weighted by Crippen LogP contribution is 2.28. The fraction of sp³-hybridized carbons (Fsp3) is 0.462. The maximum Gasteiger partial charge on any atom is 0.241 e. The number of benzene rings is 2. The van der Waals surface area contributed by atoms with Crippen LogP contribution in [-0.4, -0.2) is 69.2 Å². The summed E-state index contributed by atoms with van der Waals surface area (Å²) in [5.41, 5.74) is 4.28. The highest BCUT2D eigenvalue weighted by Gasteiger charge is 2.23. The standard InChI is InChI=1S/C26H34N4O3/c1-20-14-21(2)16-23(15-20)30(9-5-8-27)26(31)19-29-12-10-28(11-13-29)18-22-6-7-24(32-3)25(17-22)33-4/h6-7,14-17H,5,9-13,18-19H2,1-4H3. The van der Waals surface area contributed by atoms with Gasteiger partial charge in [0.1, 0.15) is 0 Å². The zero-order chi connectivity index (χ0) is 23.8. The molecule has 0 aliphatic carbocycles. The van der Waals surface area contributed by atoms with Crippen molar-refractivity contribution in [3.63, 3.8) is 0 Å². The predicted molar refractivity (Wildman–Crippen MR) is 130 cm³/mol. The summed E-state index contributed by atoms with van der Waals surface area (Å²) in [6, 6.07) is 14.3. The van der Waals surface area contributed by atoms with Gasteiger partial charge >= 0.3 is 0 Å². The zero-order valence-corrected chi connectivity index (χ0v) is 20.1. The Hall–Kier alpha value is -3.08. The maximum absolute atomic E-state index is 13.2. The van der Waals surface area contributed by atoms with Gasteiger partial charge in [0.15, 0.2) is 11.5 Å². The van der Waals surface area contributed by atoms with Crippen LogP contribution in [0, 0.1) is 25.2 Å². The second-order valence-electron chi connectivity index (χ2n) is 8.54. The summed E-state index contributed by atoms with van der Waals surface area (Å²) in [5.74, 6) is 1.51. The third kappa shape index (κ3) is 6.70. The van der Waals surface area contributed by atoms with E-state index < -0.39 is 0 Å². The topological polar surface area (TPSA) is 69.0 Å². The highest BCUT2D eigenvalue weighted by atomic mass is 16.5. The van der Waals surface area contributed by atoms with Crippen LogP contribution in [0.3, 0.4) is 0 Å². The number of rotatable bonds is 9. The van der Waals surface area contributed by atoms with Crippen molar-refractivity contribution in [2.45, 2.75) is 26.8 Å². The van der Waals surface area contributed by atoms with Crippen LogP contribution in [0.4, 0.5) is 5.69 Å². The molecule has 7 heteroatoms. The van der Waals surface area contributed by atoms with Crippen LogP contribution >= 0.6 is 0 Å². The van der Waals surface area contributed by atoms with E-state index in [0.29, 0.717) is 19.5 Å². The molecule has 0 atom stereocenters. The Morgan fingerprint density at radius 3 is 2.21 bits per heavy atom. The number of hydrogen-bond acceptors (Lipinski definition) is 6. The molecular weight excluding hydrogens is 416 g/mol. The zero-order valence-electron chi connectivity index (χ0n) is 20.1. The van der Waals surface area contributed by atoms with Gasteiger partial charge in [0, 0.05) is 45.0 Å². The van der Waals surface area contributed by atoms with Crippen LogP contribution in [0.1, 0.15) is 23.1 Å². The average molecular weight is 451 g/mol. The fourth-order valence-corrected chi connectivity index (χ4v) is 4.29. The van der Waals surface area contributed by atoms with Crippen molar-refractivity contribution in [2.24, 2.45) is 0 Å². The summed E-state index contributed by atoms with van der Waals surface area (Å²) < 4.78 is 10.7. The molecule has 1 fully saturated rings. The van der Waals surface area contributed by atoms with Gasteiger partial charge in [0.25, 0.3) is 0 Å². The Balaban J connectivity index is 1.57. The third-order valence-corrected chi connectivity index (χ3v) is 5.94. The van der Waals surface area contributed by atoms with Gasteiger partial charge in [-0.1, -0.05) is 12.1 Å². The molecule has 0 N–H and O–H groups in total. The number of carbonyl (C=O) groups is 1. The number of nitrogens with zero attached hydrogens (tertiary/aromatic N) is 4. The van der Waals surface area contributed by atoms with Crippen LogP contribution < -0.4 is 14.4 Å². The van der Waals surface area contributed by atoms with Crippen molar-refractivity contribution in [1.82, 2.24) is 9.80 Å². The van der Waals surface area contributed by atoms with Gasteiger partial charge in [0.2, 0.25) is 5.91 Å². The lowest BCUT2D eigenvalue weighted by Gasteiger charge is -2.35. The summed E-state index contributed by atoms with van der Waals surface area (Å²) >= 11 is 0. The lowest BCUT2D eigenvalue weighted by atomic mass is 10.1. The van der Waals surface area contributed by atoms with Gasteiger partial charge in [-0.25, -0.2) is 0 Å². The largest absolute Gasteiger partial charge is 0.493 e. The van der Waals surface area contributed by atoms with Crippen molar-refractivity contribution in [3.05, 3.63) is 53.1 Å². The van der Waals surface area contributed by atoms with Gasteiger partial charge < -0.3 is 14.4 Å². The van der Waals surface area contributed by atoms with Gasteiger partial charge in [-0.3, -0.25) is 14.6 Å². The maximum atomic E-state index is 13.2. The lowest BCUT2D eigenvalue weighted by molar-refractivity contribution is -0.120. The number of anilines is 1. The number of amides is 1. The minimum atomic E-state index is 0.0450. The van der Waals surface area contributed by atoms with E-state index >= 15 is 0 Å². The first kappa shape index (κ1) is 24.6. The Bertz CT molecular complexity index is 973. The molecule has 1 saturated heterocycles. The number of aryl methyl sites for hydroxylation is 2. The number of hydrogen-bond donors (Lipinski definition) is 0. The van der Waals surface area contributed by atoms with Crippen LogP contribution in [0.2, 0.25) is 0 Å². The van der Waals surface area contributed by atoms with E-state index in [1.807, 2.05) is 38.1 Å². The predicted octanol–water partition coefficient (Wildman–Crippen LogP) is 3.39. The van der Waals surface area contributed by atoms with E-state index in [1.54, 1.807) is 19.1 Å². The van der Waals surface area contributed by atoms with Crippen LogP contribution in [0.15, 0.2) is 36.4 Å². The smallest absolute Gasteiger partial charge is 0.241 e. The summed E-state index contributed by atoms with van der Waals surface area (Å²) in [6.45, 7) is 9.12. The Morgan fingerprint density at radius 2 is 1.61 bits per heavy atom. The molecule has 0 radical (unpaired) electrons. The van der Waals surface area contributed by atoms with E-state index in [1.165, 1.54) is 5.56 Å². The number of piperazine rings is 1. The minimum absolute atomic E-state index is 0.0450. The molecule has 0 saturated carbocycles. The monoisotopic (exact) mass is 450 g/mol. The average Bonchev–Trinajstić information content (AvgIpc) is 2.80. The second kappa shape index (κ2) is 11.7. The molecule has 3 rings (SSSR count). The summed E-state index contributed by atoms with van der Waals surface area (Å²) in [6.07, 6.45) is 0.317. The van der Waals surface area contributed by atoms with Crippen molar-refractivity contribution in [2.75, 3.05) is 58.4 Å². The molecule has 0 aromatic heterocycles. The first-order chi connectivity index (χ1) is 15.9. The first-order valence-electron chi connectivity index (χ1n) is 11.3. The molecule has 1 aliphatic heterocycles. The number of carbonyl (C=O) groups excluding carboxylic acids is 1. The molecular formula is C26H34N4O3.